The molecule has 1 atom stereocenters. The number of anilines is 1. The topological polar surface area (TPSA) is 58.6 Å². The van der Waals surface area contributed by atoms with Crippen molar-refractivity contribution in [3.05, 3.63) is 59.7 Å². The zero-order valence-electron chi connectivity index (χ0n) is 15.1. The fourth-order valence-electron chi connectivity index (χ4n) is 2.35. The molecule has 0 aromatic heterocycles. The molecule has 2 amide bonds. The third kappa shape index (κ3) is 5.08. The smallest absolute Gasteiger partial charge is 0.265 e. The van der Waals surface area contributed by atoms with Crippen LogP contribution in [0.1, 0.15) is 29.3 Å². The first-order valence-electron chi connectivity index (χ1n) is 8.26. The molecule has 0 aliphatic carbocycles. The normalized spacial score (nSPS) is 11.5. The second-order valence-electron chi connectivity index (χ2n) is 6.10. The third-order valence-corrected chi connectivity index (χ3v) is 3.74. The van der Waals surface area contributed by atoms with E-state index in [0.29, 0.717) is 23.4 Å². The van der Waals surface area contributed by atoms with Crippen molar-refractivity contribution in [2.45, 2.75) is 26.4 Å². The maximum absolute atomic E-state index is 12.4. The molecule has 0 spiro atoms. The summed E-state index contributed by atoms with van der Waals surface area (Å²) >= 11 is 0. The molecule has 0 aliphatic heterocycles. The maximum atomic E-state index is 12.4. The Bertz CT molecular complexity index is 739. The van der Waals surface area contributed by atoms with Crippen LogP contribution in [0.5, 0.6) is 5.75 Å². The average Bonchev–Trinajstić information content (AvgIpc) is 2.59. The number of hydrogen-bond acceptors (Lipinski definition) is 3. The molecule has 0 heterocycles. The summed E-state index contributed by atoms with van der Waals surface area (Å²) in [5, 5.41) is 2.83. The molecule has 2 aromatic carbocycles. The molecule has 0 radical (unpaired) electrons. The lowest BCUT2D eigenvalue weighted by atomic mass is 10.1. The molecule has 2 aromatic rings. The Kier molecular flexibility index (Phi) is 6.17. The zero-order valence-corrected chi connectivity index (χ0v) is 15.1. The van der Waals surface area contributed by atoms with Crippen LogP contribution in [0.3, 0.4) is 0 Å². The Labute approximate surface area is 148 Å². The van der Waals surface area contributed by atoms with Crippen molar-refractivity contribution in [1.82, 2.24) is 4.90 Å². The summed E-state index contributed by atoms with van der Waals surface area (Å²) in [5.74, 6) is 0.386. The number of amides is 2. The van der Waals surface area contributed by atoms with Gasteiger partial charge in [0.25, 0.3) is 11.8 Å². The van der Waals surface area contributed by atoms with Crippen LogP contribution in [0.25, 0.3) is 0 Å². The van der Waals surface area contributed by atoms with Crippen LogP contribution in [-0.4, -0.2) is 36.9 Å². The van der Waals surface area contributed by atoms with Crippen LogP contribution < -0.4 is 10.1 Å². The number of aryl methyl sites for hydroxylation is 1. The molecule has 25 heavy (non-hydrogen) atoms. The number of hydrogen-bond donors (Lipinski definition) is 1. The highest BCUT2D eigenvalue weighted by Crippen LogP contribution is 2.17. The summed E-state index contributed by atoms with van der Waals surface area (Å²) in [5.41, 5.74) is 2.28. The number of carbonyl (C=O) groups is 2. The van der Waals surface area contributed by atoms with Gasteiger partial charge < -0.3 is 15.0 Å². The van der Waals surface area contributed by atoms with Crippen LogP contribution in [0.15, 0.2) is 48.5 Å². The van der Waals surface area contributed by atoms with E-state index < -0.39 is 6.10 Å². The molecular weight excluding hydrogens is 316 g/mol. The summed E-state index contributed by atoms with van der Waals surface area (Å²) in [6.45, 7) is 3.88. The molecule has 0 aliphatic rings. The van der Waals surface area contributed by atoms with E-state index in [2.05, 4.69) is 5.32 Å². The van der Waals surface area contributed by atoms with Gasteiger partial charge in [-0.25, -0.2) is 0 Å². The highest BCUT2D eigenvalue weighted by molar-refractivity contribution is 5.96. The first-order valence-corrected chi connectivity index (χ1v) is 8.26. The lowest BCUT2D eigenvalue weighted by molar-refractivity contribution is -0.122. The predicted molar refractivity (Wildman–Crippen MR) is 99.0 cm³/mol. The van der Waals surface area contributed by atoms with Gasteiger partial charge in [-0.05, 0) is 55.3 Å². The molecule has 0 bridgehead atoms. The van der Waals surface area contributed by atoms with Crippen LogP contribution in [0, 0.1) is 6.92 Å². The van der Waals surface area contributed by atoms with Crippen LogP contribution in [0.2, 0.25) is 0 Å². The molecule has 132 valence electrons. The third-order valence-electron chi connectivity index (χ3n) is 3.74. The van der Waals surface area contributed by atoms with Gasteiger partial charge in [-0.2, -0.15) is 0 Å². The van der Waals surface area contributed by atoms with Crippen LogP contribution in [-0.2, 0) is 4.79 Å². The Balaban J connectivity index is 2.02. The lowest BCUT2D eigenvalue weighted by Gasteiger charge is -2.18. The Hall–Kier alpha value is -2.82. The molecule has 1 unspecified atom stereocenters. The van der Waals surface area contributed by atoms with Gasteiger partial charge in [0.15, 0.2) is 6.10 Å². The van der Waals surface area contributed by atoms with E-state index in [1.54, 1.807) is 38.4 Å². The van der Waals surface area contributed by atoms with Crippen LogP contribution in [0.4, 0.5) is 5.69 Å². The number of carbonyl (C=O) groups excluding carboxylic acids is 2. The molecular formula is C20H24N2O3. The molecule has 0 fully saturated rings. The summed E-state index contributed by atoms with van der Waals surface area (Å²) < 4.78 is 5.80. The van der Waals surface area contributed by atoms with Gasteiger partial charge in [0.2, 0.25) is 0 Å². The number of nitrogens with zero attached hydrogens (tertiary/aromatic N) is 1. The molecule has 1 N–H and O–H groups in total. The fraction of sp³-hybridized carbons (Fsp3) is 0.300. The highest BCUT2D eigenvalue weighted by Gasteiger charge is 2.19. The van der Waals surface area contributed by atoms with E-state index in [0.717, 1.165) is 5.56 Å². The van der Waals surface area contributed by atoms with Gasteiger partial charge >= 0.3 is 0 Å². The van der Waals surface area contributed by atoms with E-state index in [1.807, 2.05) is 38.1 Å². The quantitative estimate of drug-likeness (QED) is 0.876. The number of rotatable bonds is 6. The number of ether oxygens (including phenoxy) is 1. The van der Waals surface area contributed by atoms with Crippen molar-refractivity contribution < 1.29 is 14.3 Å². The van der Waals surface area contributed by atoms with Gasteiger partial charge in [-0.3, -0.25) is 9.59 Å². The van der Waals surface area contributed by atoms with Crippen molar-refractivity contribution in [3.8, 4) is 5.75 Å². The van der Waals surface area contributed by atoms with Gasteiger partial charge in [-0.1, -0.05) is 19.1 Å². The zero-order chi connectivity index (χ0) is 18.4. The number of nitrogens with one attached hydrogen (secondary N) is 1. The Morgan fingerprint density at radius 2 is 1.80 bits per heavy atom. The fourth-order valence-corrected chi connectivity index (χ4v) is 2.35. The lowest BCUT2D eigenvalue weighted by Crippen LogP contribution is -2.32. The average molecular weight is 340 g/mol. The van der Waals surface area contributed by atoms with E-state index in [-0.39, 0.29) is 11.8 Å². The second kappa shape index (κ2) is 8.33. The van der Waals surface area contributed by atoms with Crippen molar-refractivity contribution in [1.29, 1.82) is 0 Å². The predicted octanol–water partition coefficient (Wildman–Crippen LogP) is 3.49. The van der Waals surface area contributed by atoms with E-state index in [9.17, 15) is 9.59 Å². The summed E-state index contributed by atoms with van der Waals surface area (Å²) in [7, 11) is 3.40. The van der Waals surface area contributed by atoms with Crippen molar-refractivity contribution in [2.24, 2.45) is 0 Å². The van der Waals surface area contributed by atoms with Gasteiger partial charge in [0, 0.05) is 25.3 Å². The summed E-state index contributed by atoms with van der Waals surface area (Å²) in [4.78, 5) is 25.8. The molecule has 5 heteroatoms. The maximum Gasteiger partial charge on any atom is 0.265 e. The van der Waals surface area contributed by atoms with Gasteiger partial charge in [-0.15, -0.1) is 0 Å². The van der Waals surface area contributed by atoms with Crippen molar-refractivity contribution in [2.75, 3.05) is 19.4 Å². The second-order valence-corrected chi connectivity index (χ2v) is 6.10. The first kappa shape index (κ1) is 18.5. The molecule has 5 nitrogen and oxygen atoms in total. The minimum Gasteiger partial charge on any atom is -0.481 e. The molecule has 0 saturated heterocycles. The largest absolute Gasteiger partial charge is 0.481 e. The standard InChI is InChI=1S/C20H24N2O3/c1-5-18(25-17-8-6-7-14(2)13-17)19(23)21-16-11-9-15(10-12-16)20(24)22(3)4/h6-13,18H,5H2,1-4H3,(H,21,23). The van der Waals surface area contributed by atoms with Gasteiger partial charge in [0.1, 0.15) is 5.75 Å². The Morgan fingerprint density at radius 3 is 2.36 bits per heavy atom. The summed E-state index contributed by atoms with van der Waals surface area (Å²) in [6.07, 6.45) is -0.0263. The van der Waals surface area contributed by atoms with Crippen molar-refractivity contribution in [3.63, 3.8) is 0 Å². The molecule has 0 saturated carbocycles. The van der Waals surface area contributed by atoms with E-state index in [4.69, 9.17) is 4.74 Å². The number of benzene rings is 2. The van der Waals surface area contributed by atoms with Gasteiger partial charge in [0.05, 0.1) is 0 Å². The van der Waals surface area contributed by atoms with Crippen LogP contribution >= 0.6 is 0 Å². The minimum atomic E-state index is -0.579. The van der Waals surface area contributed by atoms with E-state index >= 15 is 0 Å². The Morgan fingerprint density at radius 1 is 1.12 bits per heavy atom. The molecule has 2 rings (SSSR count). The SMILES string of the molecule is CCC(Oc1cccc(C)c1)C(=O)Nc1ccc(C(=O)N(C)C)cc1. The van der Waals surface area contributed by atoms with Crippen molar-refractivity contribution >= 4 is 17.5 Å². The van der Waals surface area contributed by atoms with E-state index in [1.165, 1.54) is 4.90 Å². The highest BCUT2D eigenvalue weighted by atomic mass is 16.5. The minimum absolute atomic E-state index is 0.0768. The monoisotopic (exact) mass is 340 g/mol. The summed E-state index contributed by atoms with van der Waals surface area (Å²) in [6, 6.07) is 14.4. The first-order chi connectivity index (χ1) is 11.9.